The summed E-state index contributed by atoms with van der Waals surface area (Å²) in [5.41, 5.74) is -0.588. The van der Waals surface area contributed by atoms with Gasteiger partial charge in [-0.15, -0.1) is 6.58 Å². The lowest BCUT2D eigenvalue weighted by Gasteiger charge is -2.09. The molecule has 0 bridgehead atoms. The lowest BCUT2D eigenvalue weighted by Crippen LogP contribution is -1.99. The first-order valence-electron chi connectivity index (χ1n) is 2.64. The molecule has 0 aromatic rings. The van der Waals surface area contributed by atoms with Crippen LogP contribution < -0.4 is 0 Å². The van der Waals surface area contributed by atoms with Gasteiger partial charge in [0, 0.05) is 0 Å². The summed E-state index contributed by atoms with van der Waals surface area (Å²) in [5, 5.41) is 0. The van der Waals surface area contributed by atoms with Crippen LogP contribution in [0.1, 0.15) is 13.3 Å². The third-order valence-electron chi connectivity index (χ3n) is 1.08. The SMILES string of the molecule is C=CCC(C)P(=O)(O)O. The molecule has 0 rings (SSSR count). The highest BCUT2D eigenvalue weighted by Gasteiger charge is 2.21. The van der Waals surface area contributed by atoms with Crippen molar-refractivity contribution in [3.63, 3.8) is 0 Å². The van der Waals surface area contributed by atoms with E-state index in [0.29, 0.717) is 6.42 Å². The van der Waals surface area contributed by atoms with Gasteiger partial charge in [0.2, 0.25) is 0 Å². The molecule has 0 saturated carbocycles. The summed E-state index contributed by atoms with van der Waals surface area (Å²) >= 11 is 0. The second kappa shape index (κ2) is 3.16. The van der Waals surface area contributed by atoms with E-state index in [4.69, 9.17) is 9.79 Å². The molecule has 0 spiro atoms. The number of rotatable bonds is 3. The van der Waals surface area contributed by atoms with Crippen molar-refractivity contribution in [3.05, 3.63) is 12.7 Å². The summed E-state index contributed by atoms with van der Waals surface area (Å²) in [4.78, 5) is 17.0. The van der Waals surface area contributed by atoms with Crippen molar-refractivity contribution in [3.8, 4) is 0 Å². The Morgan fingerprint density at radius 1 is 1.78 bits per heavy atom. The Bertz CT molecular complexity index is 137. The maximum Gasteiger partial charge on any atom is 0.328 e. The fraction of sp³-hybridized carbons (Fsp3) is 0.600. The van der Waals surface area contributed by atoms with Gasteiger partial charge in [-0.3, -0.25) is 4.57 Å². The summed E-state index contributed by atoms with van der Waals surface area (Å²) in [6.45, 7) is 4.87. The van der Waals surface area contributed by atoms with Crippen LogP contribution in [0.4, 0.5) is 0 Å². The molecule has 0 aromatic heterocycles. The lowest BCUT2D eigenvalue weighted by atomic mass is 10.3. The van der Waals surface area contributed by atoms with Crippen molar-refractivity contribution in [2.24, 2.45) is 0 Å². The van der Waals surface area contributed by atoms with Gasteiger partial charge in [-0.2, -0.15) is 0 Å². The van der Waals surface area contributed by atoms with Gasteiger partial charge in [-0.05, 0) is 6.42 Å². The highest BCUT2D eigenvalue weighted by Crippen LogP contribution is 2.42. The third-order valence-corrected chi connectivity index (χ3v) is 2.44. The minimum Gasteiger partial charge on any atom is -0.324 e. The van der Waals surface area contributed by atoms with Crippen LogP contribution in [0.5, 0.6) is 0 Å². The molecule has 0 saturated heterocycles. The highest BCUT2D eigenvalue weighted by molar-refractivity contribution is 7.52. The van der Waals surface area contributed by atoms with Crippen molar-refractivity contribution in [2.75, 3.05) is 0 Å². The summed E-state index contributed by atoms with van der Waals surface area (Å²) < 4.78 is 10.4. The molecule has 0 aliphatic rings. The first-order valence-corrected chi connectivity index (χ1v) is 4.32. The second-order valence-corrected chi connectivity index (χ2v) is 4.02. The summed E-state index contributed by atoms with van der Waals surface area (Å²) in [5.74, 6) is 0. The molecule has 2 N–H and O–H groups in total. The Morgan fingerprint density at radius 2 is 2.22 bits per heavy atom. The van der Waals surface area contributed by atoms with Gasteiger partial charge in [0.15, 0.2) is 0 Å². The average Bonchev–Trinajstić information content (AvgIpc) is 1.64. The smallest absolute Gasteiger partial charge is 0.324 e. The Balaban J connectivity index is 3.88. The minimum atomic E-state index is -3.84. The van der Waals surface area contributed by atoms with Gasteiger partial charge in [-0.25, -0.2) is 0 Å². The molecule has 0 fully saturated rings. The van der Waals surface area contributed by atoms with Gasteiger partial charge in [-0.1, -0.05) is 13.0 Å². The molecule has 9 heavy (non-hydrogen) atoms. The topological polar surface area (TPSA) is 57.5 Å². The number of allylic oxidation sites excluding steroid dienone is 1. The van der Waals surface area contributed by atoms with E-state index in [-0.39, 0.29) is 0 Å². The van der Waals surface area contributed by atoms with Gasteiger partial charge < -0.3 is 9.79 Å². The van der Waals surface area contributed by atoms with Crippen LogP contribution in [-0.4, -0.2) is 15.4 Å². The normalized spacial score (nSPS) is 15.0. The first-order chi connectivity index (χ1) is 3.98. The zero-order chi connectivity index (χ0) is 7.49. The third kappa shape index (κ3) is 3.46. The van der Waals surface area contributed by atoms with E-state index in [1.54, 1.807) is 0 Å². The Labute approximate surface area is 54.6 Å². The van der Waals surface area contributed by atoms with Crippen LogP contribution >= 0.6 is 7.60 Å². The fourth-order valence-corrected chi connectivity index (χ4v) is 0.802. The molecule has 0 aliphatic carbocycles. The fourth-order valence-electron chi connectivity index (χ4n) is 0.379. The minimum absolute atomic E-state index is 0.365. The molecule has 54 valence electrons. The molecule has 0 heterocycles. The van der Waals surface area contributed by atoms with E-state index in [1.165, 1.54) is 13.0 Å². The second-order valence-electron chi connectivity index (χ2n) is 1.96. The largest absolute Gasteiger partial charge is 0.328 e. The monoisotopic (exact) mass is 150 g/mol. The van der Waals surface area contributed by atoms with Crippen LogP contribution in [0.25, 0.3) is 0 Å². The quantitative estimate of drug-likeness (QED) is 0.468. The molecule has 0 amide bonds. The Kier molecular flexibility index (Phi) is 3.12. The summed E-state index contributed by atoms with van der Waals surface area (Å²) in [7, 11) is -3.84. The molecule has 0 radical (unpaired) electrons. The van der Waals surface area contributed by atoms with Gasteiger partial charge in [0.05, 0.1) is 5.66 Å². The molecular weight excluding hydrogens is 139 g/mol. The van der Waals surface area contributed by atoms with Crippen LogP contribution in [0.2, 0.25) is 0 Å². The maximum absolute atomic E-state index is 10.4. The summed E-state index contributed by atoms with van der Waals surface area (Å²) in [6.07, 6.45) is 1.87. The summed E-state index contributed by atoms with van der Waals surface area (Å²) in [6, 6.07) is 0. The zero-order valence-electron chi connectivity index (χ0n) is 5.32. The van der Waals surface area contributed by atoms with E-state index >= 15 is 0 Å². The molecule has 1 unspecified atom stereocenters. The Hall–Kier alpha value is -0.110. The van der Waals surface area contributed by atoms with E-state index in [0.717, 1.165) is 0 Å². The zero-order valence-corrected chi connectivity index (χ0v) is 6.21. The molecule has 0 aliphatic heterocycles. The van der Waals surface area contributed by atoms with Gasteiger partial charge in [0.25, 0.3) is 0 Å². The number of hydrogen-bond acceptors (Lipinski definition) is 1. The Morgan fingerprint density at radius 3 is 2.33 bits per heavy atom. The van der Waals surface area contributed by atoms with Crippen LogP contribution in [0, 0.1) is 0 Å². The van der Waals surface area contributed by atoms with Crippen molar-refractivity contribution in [2.45, 2.75) is 19.0 Å². The number of hydrogen-bond donors (Lipinski definition) is 2. The van der Waals surface area contributed by atoms with E-state index in [2.05, 4.69) is 6.58 Å². The molecule has 0 aromatic carbocycles. The van der Waals surface area contributed by atoms with Crippen molar-refractivity contribution >= 4 is 7.60 Å². The molecular formula is C5H11O3P. The van der Waals surface area contributed by atoms with Gasteiger partial charge >= 0.3 is 7.60 Å². The average molecular weight is 150 g/mol. The molecule has 1 atom stereocenters. The van der Waals surface area contributed by atoms with Crippen molar-refractivity contribution < 1.29 is 14.4 Å². The van der Waals surface area contributed by atoms with Crippen LogP contribution in [-0.2, 0) is 4.57 Å². The first kappa shape index (κ1) is 8.89. The standard InChI is InChI=1S/C5H11O3P/c1-3-4-5(2)9(6,7)8/h3,5H,1,4H2,2H3,(H2,6,7,8). The molecule has 3 nitrogen and oxygen atoms in total. The van der Waals surface area contributed by atoms with Crippen LogP contribution in [0.15, 0.2) is 12.7 Å². The van der Waals surface area contributed by atoms with E-state index < -0.39 is 13.3 Å². The maximum atomic E-state index is 10.4. The lowest BCUT2D eigenvalue weighted by molar-refractivity contribution is 0.360. The molecule has 4 heteroatoms. The predicted octanol–water partition coefficient (Wildman–Crippen LogP) is 1.13. The van der Waals surface area contributed by atoms with Crippen molar-refractivity contribution in [1.29, 1.82) is 0 Å². The van der Waals surface area contributed by atoms with Gasteiger partial charge in [0.1, 0.15) is 0 Å². The highest BCUT2D eigenvalue weighted by atomic mass is 31.2. The van der Waals surface area contributed by atoms with E-state index in [9.17, 15) is 4.57 Å². The van der Waals surface area contributed by atoms with E-state index in [1.807, 2.05) is 0 Å². The van der Waals surface area contributed by atoms with Crippen molar-refractivity contribution in [1.82, 2.24) is 0 Å². The predicted molar refractivity (Wildman–Crippen MR) is 36.3 cm³/mol. The van der Waals surface area contributed by atoms with Crippen LogP contribution in [0.3, 0.4) is 0 Å².